The Hall–Kier alpha value is -3.83. The minimum atomic E-state index is -0.478. The second kappa shape index (κ2) is 14.5. The molecule has 2 aromatic carbocycles. The fourth-order valence-electron chi connectivity index (χ4n) is 7.31. The lowest BCUT2D eigenvalue weighted by molar-refractivity contribution is -0.115. The summed E-state index contributed by atoms with van der Waals surface area (Å²) in [5, 5.41) is 7.17. The number of anilines is 3. The van der Waals surface area contributed by atoms with Crippen LogP contribution in [-0.4, -0.2) is 58.6 Å². The van der Waals surface area contributed by atoms with Crippen LogP contribution in [-0.2, 0) is 11.2 Å². The van der Waals surface area contributed by atoms with E-state index in [0.717, 1.165) is 29.8 Å². The van der Waals surface area contributed by atoms with E-state index in [4.69, 9.17) is 9.47 Å². The molecule has 2 aromatic heterocycles. The number of nitrogens with one attached hydrogen (secondary N) is 2. The van der Waals surface area contributed by atoms with Crippen LogP contribution in [0.3, 0.4) is 0 Å². The van der Waals surface area contributed by atoms with Crippen molar-refractivity contribution >= 4 is 44.8 Å². The summed E-state index contributed by atoms with van der Waals surface area (Å²) in [6.07, 6.45) is 6.60. The number of likely N-dealkylation sites (tertiary alicyclic amines) is 1. The molecule has 1 aliphatic rings. The monoisotopic (exact) mass is 662 g/mol. The number of hydrogen-bond donors (Lipinski definition) is 2. The predicted molar refractivity (Wildman–Crippen MR) is 187 cm³/mol. The molecular weight excluding hydrogens is 616 g/mol. The average molecular weight is 663 g/mol. The minimum Gasteiger partial charge on any atom is -0.493 e. The molecule has 252 valence electrons. The predicted octanol–water partition coefficient (Wildman–Crippen LogP) is 8.10. The molecule has 1 fully saturated rings. The molecule has 9 nitrogen and oxygen atoms in total. The van der Waals surface area contributed by atoms with E-state index >= 15 is 0 Å². The fraction of sp³-hybridized carbons (Fsp3) is 0.500. The molecule has 5 rings (SSSR count). The first-order chi connectivity index (χ1) is 22.3. The highest BCUT2D eigenvalue weighted by Crippen LogP contribution is 2.46. The maximum Gasteiger partial charge on any atom is 0.229 e. The molecule has 0 saturated carbocycles. The van der Waals surface area contributed by atoms with Gasteiger partial charge in [-0.3, -0.25) is 9.69 Å². The molecule has 0 aliphatic carbocycles. The minimum absolute atomic E-state index is 0.0684. The first-order valence-electron chi connectivity index (χ1n) is 16.3. The number of methoxy groups -OCH3 is 1. The summed E-state index contributed by atoms with van der Waals surface area (Å²) >= 11 is 1.32. The summed E-state index contributed by atoms with van der Waals surface area (Å²) in [6.45, 7) is 17.0. The number of thiazole rings is 1. The van der Waals surface area contributed by atoms with Gasteiger partial charge in [0.05, 0.1) is 31.3 Å². The number of fused-ring (bicyclic) bond motifs is 1. The highest BCUT2D eigenvalue weighted by atomic mass is 32.1. The average Bonchev–Trinajstić information content (AvgIpc) is 3.63. The number of rotatable bonds is 12. The summed E-state index contributed by atoms with van der Waals surface area (Å²) in [4.78, 5) is 29.2. The Morgan fingerprint density at radius 3 is 2.57 bits per heavy atom. The van der Waals surface area contributed by atoms with Crippen molar-refractivity contribution in [3.05, 3.63) is 59.6 Å². The lowest BCUT2D eigenvalue weighted by Gasteiger charge is -2.47. The van der Waals surface area contributed by atoms with E-state index in [1.54, 1.807) is 25.4 Å². The summed E-state index contributed by atoms with van der Waals surface area (Å²) in [5.74, 6) is 1.59. The summed E-state index contributed by atoms with van der Waals surface area (Å²) in [5.41, 5.74) is 1.32. The number of aromatic nitrogens is 3. The third-order valence-electron chi connectivity index (χ3n) is 8.69. The van der Waals surface area contributed by atoms with Gasteiger partial charge in [-0.1, -0.05) is 53.7 Å². The molecule has 0 spiro atoms. The Morgan fingerprint density at radius 2 is 1.85 bits per heavy atom. The molecule has 1 aliphatic heterocycles. The van der Waals surface area contributed by atoms with E-state index in [-0.39, 0.29) is 28.8 Å². The van der Waals surface area contributed by atoms with Crippen molar-refractivity contribution in [2.75, 3.05) is 37.4 Å². The van der Waals surface area contributed by atoms with Crippen molar-refractivity contribution in [2.24, 2.45) is 16.7 Å². The normalized spacial score (nSPS) is 15.7. The zero-order valence-corrected chi connectivity index (χ0v) is 29.3. The molecule has 1 saturated heterocycles. The van der Waals surface area contributed by atoms with Crippen LogP contribution < -0.4 is 20.1 Å². The van der Waals surface area contributed by atoms with Gasteiger partial charge in [0.15, 0.2) is 16.6 Å². The van der Waals surface area contributed by atoms with Crippen LogP contribution in [0, 0.1) is 22.6 Å². The molecule has 2 N–H and O–H groups in total. The molecule has 3 heterocycles. The first-order valence-corrected chi connectivity index (χ1v) is 17.1. The van der Waals surface area contributed by atoms with E-state index in [1.165, 1.54) is 42.6 Å². The Bertz CT molecular complexity index is 1670. The zero-order valence-electron chi connectivity index (χ0n) is 28.5. The summed E-state index contributed by atoms with van der Waals surface area (Å²) < 4.78 is 25.9. The van der Waals surface area contributed by atoms with Gasteiger partial charge in [0.1, 0.15) is 18.0 Å². The molecule has 1 atom stereocenters. The van der Waals surface area contributed by atoms with Gasteiger partial charge in [0.25, 0.3) is 0 Å². The van der Waals surface area contributed by atoms with Gasteiger partial charge in [-0.15, -0.1) is 11.3 Å². The SMILES string of the molecule is COc1cc2c(Nc3ncc(CC(=O)Nc4ccccc4F)s3)ncnc2cc1OCCCN1CCC[C@@H]1C(C(C)(C)C)C(C)(C)C. The van der Waals surface area contributed by atoms with Crippen molar-refractivity contribution in [2.45, 2.75) is 73.3 Å². The topological polar surface area (TPSA) is 102 Å². The second-order valence-electron chi connectivity index (χ2n) is 14.4. The Kier molecular flexibility index (Phi) is 10.7. The van der Waals surface area contributed by atoms with E-state index in [1.807, 2.05) is 12.1 Å². The van der Waals surface area contributed by atoms with Gasteiger partial charge in [-0.25, -0.2) is 19.3 Å². The van der Waals surface area contributed by atoms with Crippen LogP contribution in [0.4, 0.5) is 21.0 Å². The van der Waals surface area contributed by atoms with Crippen LogP contribution in [0.5, 0.6) is 11.5 Å². The Balaban J connectivity index is 1.21. The van der Waals surface area contributed by atoms with Crippen molar-refractivity contribution < 1.29 is 18.7 Å². The standard InChI is InChI=1S/C36H47FN6O3S/c1-35(2,3)32(36(4,5)6)28-14-10-15-43(28)16-11-17-46-30-20-27-24(19-29(30)45-7)33(40-22-39-27)42-34-38-21-23(47-34)18-31(44)41-26-13-9-8-12-25(26)37/h8-9,12-13,19-22,28,32H,10-11,14-18H2,1-7H3,(H,41,44)(H,38,39,40,42)/t28-/m1/s1. The van der Waals surface area contributed by atoms with Crippen LogP contribution in [0.2, 0.25) is 0 Å². The van der Waals surface area contributed by atoms with Crippen LogP contribution in [0.15, 0.2) is 48.9 Å². The Labute approximate surface area is 281 Å². The number of hydrogen-bond acceptors (Lipinski definition) is 9. The maximum absolute atomic E-state index is 13.9. The lowest BCUT2D eigenvalue weighted by Crippen LogP contribution is -2.48. The molecule has 47 heavy (non-hydrogen) atoms. The third-order valence-corrected chi connectivity index (χ3v) is 9.61. The molecule has 0 unspecified atom stereocenters. The number of ether oxygens (including phenoxy) is 2. The van der Waals surface area contributed by atoms with Gasteiger partial charge in [-0.2, -0.15) is 0 Å². The second-order valence-corrected chi connectivity index (χ2v) is 15.5. The largest absolute Gasteiger partial charge is 0.493 e. The van der Waals surface area contributed by atoms with Crippen molar-refractivity contribution in [3.8, 4) is 11.5 Å². The number of para-hydroxylation sites is 1. The molecule has 1 amide bonds. The van der Waals surface area contributed by atoms with Crippen molar-refractivity contribution in [3.63, 3.8) is 0 Å². The molecule has 0 radical (unpaired) electrons. The highest BCUT2D eigenvalue weighted by Gasteiger charge is 2.44. The van der Waals surface area contributed by atoms with Gasteiger partial charge >= 0.3 is 0 Å². The number of halogens is 1. The summed E-state index contributed by atoms with van der Waals surface area (Å²) in [6, 6.07) is 10.4. The van der Waals surface area contributed by atoms with Gasteiger partial charge in [-0.05, 0) is 60.8 Å². The van der Waals surface area contributed by atoms with Gasteiger partial charge in [0, 0.05) is 35.1 Å². The van der Waals surface area contributed by atoms with Crippen LogP contribution in [0.25, 0.3) is 10.9 Å². The highest BCUT2D eigenvalue weighted by molar-refractivity contribution is 7.15. The molecule has 11 heteroatoms. The van der Waals surface area contributed by atoms with Gasteiger partial charge in [0.2, 0.25) is 5.91 Å². The number of nitrogens with zero attached hydrogens (tertiary/aromatic N) is 4. The molecule has 0 bridgehead atoms. The Morgan fingerprint density at radius 1 is 1.09 bits per heavy atom. The number of carbonyl (C=O) groups is 1. The summed E-state index contributed by atoms with van der Waals surface area (Å²) in [7, 11) is 1.62. The molecular formula is C36H47FN6O3S. The van der Waals surface area contributed by atoms with Gasteiger partial charge < -0.3 is 20.1 Å². The van der Waals surface area contributed by atoms with Crippen LogP contribution >= 0.6 is 11.3 Å². The van der Waals surface area contributed by atoms with E-state index < -0.39 is 5.82 Å². The quantitative estimate of drug-likeness (QED) is 0.147. The smallest absolute Gasteiger partial charge is 0.229 e. The lowest BCUT2D eigenvalue weighted by atomic mass is 9.63. The van der Waals surface area contributed by atoms with Crippen molar-refractivity contribution in [1.82, 2.24) is 19.9 Å². The van der Waals surface area contributed by atoms with Crippen molar-refractivity contribution in [1.29, 1.82) is 0 Å². The number of benzene rings is 2. The molecule has 4 aromatic rings. The first kappa shape index (κ1) is 34.5. The van der Waals surface area contributed by atoms with E-state index in [2.05, 4.69) is 72.0 Å². The van der Waals surface area contributed by atoms with E-state index in [0.29, 0.717) is 46.5 Å². The maximum atomic E-state index is 13.9. The zero-order chi connectivity index (χ0) is 33.8. The van der Waals surface area contributed by atoms with Crippen LogP contribution in [0.1, 0.15) is 65.7 Å². The fourth-order valence-corrected chi connectivity index (χ4v) is 8.12. The third kappa shape index (κ3) is 8.56. The number of amides is 1. The van der Waals surface area contributed by atoms with E-state index in [9.17, 15) is 9.18 Å². The number of carbonyl (C=O) groups excluding carboxylic acids is 1.